The lowest BCUT2D eigenvalue weighted by Gasteiger charge is -2.15. The molecule has 1 aliphatic carbocycles. The van der Waals surface area contributed by atoms with Crippen LogP contribution in [0.5, 0.6) is 0 Å². The molecule has 3 rings (SSSR count). The Balaban J connectivity index is 1.56. The summed E-state index contributed by atoms with van der Waals surface area (Å²) in [6.45, 7) is -0.209. The summed E-state index contributed by atoms with van der Waals surface area (Å²) in [5, 5.41) is 5.62. The zero-order valence-corrected chi connectivity index (χ0v) is 17.2. The van der Waals surface area contributed by atoms with E-state index in [1.54, 1.807) is 24.3 Å². The Morgan fingerprint density at radius 1 is 1.00 bits per heavy atom. The summed E-state index contributed by atoms with van der Waals surface area (Å²) in [7, 11) is -4.06. The number of para-hydroxylation sites is 1. The second kappa shape index (κ2) is 9.82. The average Bonchev–Trinajstić information content (AvgIpc) is 3.21. The van der Waals surface area contributed by atoms with Gasteiger partial charge in [-0.2, -0.15) is 0 Å². The molecule has 160 valence electrons. The highest BCUT2D eigenvalue weighted by atomic mass is 32.2. The first-order valence-corrected chi connectivity index (χ1v) is 11.3. The average molecular weight is 434 g/mol. The number of rotatable bonds is 8. The van der Waals surface area contributed by atoms with Gasteiger partial charge in [-0.3, -0.25) is 9.59 Å². The van der Waals surface area contributed by atoms with E-state index in [1.165, 1.54) is 12.1 Å². The van der Waals surface area contributed by atoms with Crippen molar-refractivity contribution in [3.63, 3.8) is 0 Å². The van der Waals surface area contributed by atoms with E-state index < -0.39 is 26.6 Å². The quantitative estimate of drug-likeness (QED) is 0.595. The molecule has 0 bridgehead atoms. The molecule has 7 nitrogen and oxygen atoms in total. The molecule has 2 aromatic rings. The lowest BCUT2D eigenvalue weighted by atomic mass is 10.1. The van der Waals surface area contributed by atoms with Crippen LogP contribution in [0.1, 0.15) is 42.5 Å². The Morgan fingerprint density at radius 2 is 1.67 bits per heavy atom. The molecule has 0 saturated heterocycles. The van der Waals surface area contributed by atoms with Gasteiger partial charge in [0.1, 0.15) is 10.7 Å². The zero-order chi connectivity index (χ0) is 21.6. The van der Waals surface area contributed by atoms with Gasteiger partial charge in [0.05, 0.1) is 11.3 Å². The summed E-state index contributed by atoms with van der Waals surface area (Å²) >= 11 is 0. The van der Waals surface area contributed by atoms with E-state index in [4.69, 9.17) is 0 Å². The van der Waals surface area contributed by atoms with Gasteiger partial charge < -0.3 is 10.6 Å². The molecule has 9 heteroatoms. The number of anilines is 1. The smallest absolute Gasteiger partial charge is 0.253 e. The van der Waals surface area contributed by atoms with E-state index >= 15 is 0 Å². The van der Waals surface area contributed by atoms with E-state index in [0.717, 1.165) is 37.8 Å². The van der Waals surface area contributed by atoms with Crippen LogP contribution in [0.25, 0.3) is 0 Å². The minimum atomic E-state index is -4.06. The molecule has 0 spiro atoms. The zero-order valence-electron chi connectivity index (χ0n) is 16.4. The van der Waals surface area contributed by atoms with Crippen LogP contribution in [-0.4, -0.2) is 32.8 Å². The van der Waals surface area contributed by atoms with Crippen molar-refractivity contribution >= 4 is 27.5 Å². The SMILES string of the molecule is O=C(CCNS(=O)(=O)c1ccccc1F)Nc1ccccc1C(=O)NC1CCCC1. The van der Waals surface area contributed by atoms with Crippen LogP contribution < -0.4 is 15.4 Å². The highest BCUT2D eigenvalue weighted by Crippen LogP contribution is 2.20. The maximum Gasteiger partial charge on any atom is 0.253 e. The van der Waals surface area contributed by atoms with E-state index in [2.05, 4.69) is 15.4 Å². The lowest BCUT2D eigenvalue weighted by Crippen LogP contribution is -2.33. The molecule has 3 N–H and O–H groups in total. The van der Waals surface area contributed by atoms with Gasteiger partial charge in [-0.25, -0.2) is 17.5 Å². The van der Waals surface area contributed by atoms with Crippen molar-refractivity contribution in [1.29, 1.82) is 0 Å². The van der Waals surface area contributed by atoms with Crippen molar-refractivity contribution in [1.82, 2.24) is 10.0 Å². The summed E-state index contributed by atoms with van der Waals surface area (Å²) in [5.41, 5.74) is 0.708. The van der Waals surface area contributed by atoms with Crippen molar-refractivity contribution in [3.8, 4) is 0 Å². The predicted molar refractivity (Wildman–Crippen MR) is 111 cm³/mol. The fourth-order valence-electron chi connectivity index (χ4n) is 3.38. The van der Waals surface area contributed by atoms with Gasteiger partial charge in [0.2, 0.25) is 15.9 Å². The number of carbonyl (C=O) groups excluding carboxylic acids is 2. The molecule has 2 aromatic carbocycles. The van der Waals surface area contributed by atoms with Gasteiger partial charge in [-0.1, -0.05) is 37.1 Å². The summed E-state index contributed by atoms with van der Waals surface area (Å²) in [4.78, 5) is 24.3. The molecule has 0 heterocycles. The van der Waals surface area contributed by atoms with Crippen LogP contribution in [0.4, 0.5) is 10.1 Å². The molecule has 0 aliphatic heterocycles. The molecular formula is C21H24FN3O4S. The lowest BCUT2D eigenvalue weighted by molar-refractivity contribution is -0.116. The number of hydrogen-bond donors (Lipinski definition) is 3. The molecule has 30 heavy (non-hydrogen) atoms. The van der Waals surface area contributed by atoms with Gasteiger partial charge in [-0.05, 0) is 37.1 Å². The van der Waals surface area contributed by atoms with Crippen LogP contribution >= 0.6 is 0 Å². The minimum absolute atomic E-state index is 0.147. The van der Waals surface area contributed by atoms with Gasteiger partial charge in [0, 0.05) is 19.0 Å². The van der Waals surface area contributed by atoms with E-state index in [1.807, 2.05) is 0 Å². The molecule has 1 aliphatic rings. The van der Waals surface area contributed by atoms with Crippen molar-refractivity contribution in [3.05, 3.63) is 59.9 Å². The van der Waals surface area contributed by atoms with Crippen LogP contribution in [0.15, 0.2) is 53.4 Å². The fourth-order valence-corrected chi connectivity index (χ4v) is 4.48. The topological polar surface area (TPSA) is 104 Å². The Labute approximate surface area is 175 Å². The number of carbonyl (C=O) groups is 2. The molecule has 0 radical (unpaired) electrons. The standard InChI is InChI=1S/C21H24FN3O4S/c22-17-10-4-6-12-19(17)30(28,29)23-14-13-20(26)25-18-11-5-3-9-16(18)21(27)24-15-7-1-2-8-15/h3-6,9-12,15,23H,1-2,7-8,13-14H2,(H,24,27)(H,25,26). The number of benzene rings is 2. The molecule has 0 atom stereocenters. The summed E-state index contributed by atoms with van der Waals surface area (Å²) in [6, 6.07) is 11.8. The number of sulfonamides is 1. The molecule has 0 aromatic heterocycles. The maximum absolute atomic E-state index is 13.7. The van der Waals surface area contributed by atoms with Crippen LogP contribution in [0, 0.1) is 5.82 Å². The first-order valence-electron chi connectivity index (χ1n) is 9.81. The second-order valence-corrected chi connectivity index (χ2v) is 8.86. The third kappa shape index (κ3) is 5.64. The van der Waals surface area contributed by atoms with Crippen LogP contribution in [0.2, 0.25) is 0 Å². The third-order valence-electron chi connectivity index (χ3n) is 4.91. The molecular weight excluding hydrogens is 409 g/mol. The van der Waals surface area contributed by atoms with E-state index in [0.29, 0.717) is 11.3 Å². The molecule has 1 saturated carbocycles. The van der Waals surface area contributed by atoms with E-state index in [9.17, 15) is 22.4 Å². The van der Waals surface area contributed by atoms with Gasteiger partial charge in [0.15, 0.2) is 0 Å². The van der Waals surface area contributed by atoms with Crippen molar-refractivity contribution in [2.75, 3.05) is 11.9 Å². The maximum atomic E-state index is 13.7. The van der Waals surface area contributed by atoms with Gasteiger partial charge >= 0.3 is 0 Å². The summed E-state index contributed by atoms with van der Waals surface area (Å²) in [5.74, 6) is -1.58. The monoisotopic (exact) mass is 433 g/mol. The minimum Gasteiger partial charge on any atom is -0.349 e. The predicted octanol–water partition coefficient (Wildman–Crippen LogP) is 2.81. The Morgan fingerprint density at radius 3 is 2.40 bits per heavy atom. The molecule has 2 amide bonds. The van der Waals surface area contributed by atoms with E-state index in [-0.39, 0.29) is 24.9 Å². The Kier molecular flexibility index (Phi) is 7.17. The van der Waals surface area contributed by atoms with Crippen molar-refractivity contribution < 1.29 is 22.4 Å². The first-order chi connectivity index (χ1) is 14.4. The third-order valence-corrected chi connectivity index (χ3v) is 6.40. The van der Waals surface area contributed by atoms with Gasteiger partial charge in [0.25, 0.3) is 5.91 Å². The summed E-state index contributed by atoms with van der Waals surface area (Å²) in [6.07, 6.45) is 3.90. The van der Waals surface area contributed by atoms with Gasteiger partial charge in [-0.15, -0.1) is 0 Å². The number of halogens is 1. The fraction of sp³-hybridized carbons (Fsp3) is 0.333. The highest BCUT2D eigenvalue weighted by molar-refractivity contribution is 7.89. The van der Waals surface area contributed by atoms with Crippen LogP contribution in [0.3, 0.4) is 0 Å². The van der Waals surface area contributed by atoms with Crippen molar-refractivity contribution in [2.24, 2.45) is 0 Å². The summed E-state index contributed by atoms with van der Waals surface area (Å²) < 4.78 is 40.2. The van der Waals surface area contributed by atoms with Crippen LogP contribution in [-0.2, 0) is 14.8 Å². The molecule has 1 fully saturated rings. The Hall–Kier alpha value is -2.78. The number of nitrogens with one attached hydrogen (secondary N) is 3. The highest BCUT2D eigenvalue weighted by Gasteiger charge is 2.21. The Bertz CT molecular complexity index is 1020. The largest absolute Gasteiger partial charge is 0.349 e. The number of amides is 2. The number of hydrogen-bond acceptors (Lipinski definition) is 4. The first kappa shape index (κ1) is 21.9. The molecule has 0 unspecified atom stereocenters. The second-order valence-electron chi connectivity index (χ2n) is 7.13. The normalized spacial score (nSPS) is 14.4. The van der Waals surface area contributed by atoms with Crippen molar-refractivity contribution in [2.45, 2.75) is 43.0 Å².